The van der Waals surface area contributed by atoms with E-state index >= 15 is 0 Å². The van der Waals surface area contributed by atoms with E-state index < -0.39 is 29.2 Å². The molecule has 0 aliphatic heterocycles. The molecule has 3 rings (SSSR count). The van der Waals surface area contributed by atoms with Crippen molar-refractivity contribution in [1.29, 1.82) is 0 Å². The number of imidazole rings is 1. The van der Waals surface area contributed by atoms with E-state index in [0.717, 1.165) is 4.57 Å². The lowest BCUT2D eigenvalue weighted by Crippen LogP contribution is -2.37. The van der Waals surface area contributed by atoms with Gasteiger partial charge < -0.3 is 14.6 Å². The summed E-state index contributed by atoms with van der Waals surface area (Å²) in [6, 6.07) is 6.39. The van der Waals surface area contributed by atoms with E-state index in [9.17, 15) is 24.0 Å². The van der Waals surface area contributed by atoms with Crippen LogP contribution in [0, 0.1) is 0 Å². The maximum absolute atomic E-state index is 12.4. The number of ketones is 1. The van der Waals surface area contributed by atoms with Crippen molar-refractivity contribution < 1.29 is 19.1 Å². The van der Waals surface area contributed by atoms with Crippen molar-refractivity contribution in [1.82, 2.24) is 18.7 Å². The highest BCUT2D eigenvalue weighted by molar-refractivity contribution is 5.97. The van der Waals surface area contributed by atoms with E-state index in [-0.39, 0.29) is 23.4 Å². The average molecular weight is 455 g/mol. The molecule has 33 heavy (non-hydrogen) atoms. The lowest BCUT2D eigenvalue weighted by atomic mass is 10.1. The number of aryl methyl sites for hydroxylation is 2. The predicted octanol–water partition coefficient (Wildman–Crippen LogP) is 0.987. The van der Waals surface area contributed by atoms with Crippen molar-refractivity contribution in [3.8, 4) is 0 Å². The lowest BCUT2D eigenvalue weighted by Gasteiger charge is -2.14. The highest BCUT2D eigenvalue weighted by Crippen LogP contribution is 2.12. The number of fused-ring (bicyclic) bond motifs is 1. The molecule has 1 N–H and O–H groups in total. The number of anilines is 1. The van der Waals surface area contributed by atoms with Gasteiger partial charge in [0.2, 0.25) is 0 Å². The van der Waals surface area contributed by atoms with Crippen LogP contribution in [0.2, 0.25) is 0 Å². The van der Waals surface area contributed by atoms with Gasteiger partial charge in [0.15, 0.2) is 23.1 Å². The number of rotatable bonds is 8. The zero-order valence-corrected chi connectivity index (χ0v) is 18.8. The Morgan fingerprint density at radius 3 is 2.39 bits per heavy atom. The lowest BCUT2D eigenvalue weighted by molar-refractivity contribution is -0.153. The molecule has 2 heterocycles. The summed E-state index contributed by atoms with van der Waals surface area (Å²) in [4.78, 5) is 64.3. The molecule has 2 aromatic heterocycles. The number of carbonyl (C=O) groups is 3. The van der Waals surface area contributed by atoms with Crippen molar-refractivity contribution in [3.05, 3.63) is 57.0 Å². The number of hydrogen-bond donors (Lipinski definition) is 1. The molecule has 0 fully saturated rings. The van der Waals surface area contributed by atoms with Crippen LogP contribution in [0.15, 0.2) is 40.2 Å². The third-order valence-electron chi connectivity index (χ3n) is 5.23. The van der Waals surface area contributed by atoms with E-state index in [2.05, 4.69) is 10.3 Å². The first-order valence-corrected chi connectivity index (χ1v) is 10.3. The summed E-state index contributed by atoms with van der Waals surface area (Å²) in [5.74, 6) is -1.14. The monoisotopic (exact) mass is 455 g/mol. The second kappa shape index (κ2) is 9.63. The van der Waals surface area contributed by atoms with Gasteiger partial charge in [0.05, 0.1) is 6.33 Å². The first-order chi connectivity index (χ1) is 15.6. The van der Waals surface area contributed by atoms with Gasteiger partial charge in [-0.3, -0.25) is 28.3 Å². The Morgan fingerprint density at radius 2 is 1.76 bits per heavy atom. The fourth-order valence-electron chi connectivity index (χ4n) is 3.30. The second-order valence-electron chi connectivity index (χ2n) is 7.67. The highest BCUT2D eigenvalue weighted by atomic mass is 16.5. The predicted molar refractivity (Wildman–Crippen MR) is 120 cm³/mol. The van der Waals surface area contributed by atoms with Gasteiger partial charge in [0, 0.05) is 38.3 Å². The van der Waals surface area contributed by atoms with Crippen LogP contribution in [0.3, 0.4) is 0 Å². The summed E-state index contributed by atoms with van der Waals surface area (Å²) in [5.41, 5.74) is 0.621. The van der Waals surface area contributed by atoms with Crippen molar-refractivity contribution in [2.75, 3.05) is 5.32 Å². The van der Waals surface area contributed by atoms with Crippen LogP contribution in [-0.2, 0) is 35.0 Å². The molecular weight excluding hydrogens is 430 g/mol. The van der Waals surface area contributed by atoms with Gasteiger partial charge in [-0.2, -0.15) is 0 Å². The number of esters is 1. The Labute approximate surface area is 188 Å². The minimum absolute atomic E-state index is 0.0245. The maximum Gasteiger partial charge on any atom is 0.332 e. The number of nitrogens with one attached hydrogen (secondary N) is 1. The van der Waals surface area contributed by atoms with Crippen LogP contribution >= 0.6 is 0 Å². The molecule has 174 valence electrons. The van der Waals surface area contributed by atoms with Gasteiger partial charge in [-0.1, -0.05) is 0 Å². The summed E-state index contributed by atoms with van der Waals surface area (Å²) in [6.45, 7) is 3.22. The Balaban J connectivity index is 1.54. The van der Waals surface area contributed by atoms with Crippen molar-refractivity contribution >= 4 is 34.5 Å². The van der Waals surface area contributed by atoms with Crippen LogP contribution in [0.4, 0.5) is 5.69 Å². The van der Waals surface area contributed by atoms with Gasteiger partial charge in [-0.25, -0.2) is 9.78 Å². The molecule has 1 atom stereocenters. The largest absolute Gasteiger partial charge is 0.453 e. The van der Waals surface area contributed by atoms with E-state index in [1.807, 2.05) is 0 Å². The number of carbonyl (C=O) groups excluding carboxylic acids is 3. The van der Waals surface area contributed by atoms with Gasteiger partial charge in [0.25, 0.3) is 11.5 Å². The fourth-order valence-corrected chi connectivity index (χ4v) is 3.30. The smallest absolute Gasteiger partial charge is 0.332 e. The number of amides is 1. The van der Waals surface area contributed by atoms with E-state index in [4.69, 9.17) is 4.74 Å². The molecule has 1 aromatic carbocycles. The molecule has 3 aromatic rings. The molecule has 0 radical (unpaired) electrons. The normalized spacial score (nSPS) is 11.9. The summed E-state index contributed by atoms with van der Waals surface area (Å²) >= 11 is 0. The van der Waals surface area contributed by atoms with E-state index in [0.29, 0.717) is 24.2 Å². The zero-order valence-electron chi connectivity index (χ0n) is 18.8. The summed E-state index contributed by atoms with van der Waals surface area (Å²) in [5, 5.41) is 2.63. The molecule has 0 saturated heterocycles. The van der Waals surface area contributed by atoms with Gasteiger partial charge in [0.1, 0.15) is 0 Å². The maximum atomic E-state index is 12.4. The SMILES string of the molecule is CC(=O)c1ccc(NC(=O)[C@H](C)OC(=O)CCCn2cnc3c2c(=O)n(C)c(=O)n3C)cc1. The number of benzene rings is 1. The Morgan fingerprint density at radius 1 is 1.09 bits per heavy atom. The number of hydrogen-bond acceptors (Lipinski definition) is 7. The van der Waals surface area contributed by atoms with Gasteiger partial charge in [-0.05, 0) is 44.5 Å². The molecule has 0 aliphatic carbocycles. The van der Waals surface area contributed by atoms with E-state index in [1.54, 1.807) is 28.8 Å². The molecule has 0 spiro atoms. The molecule has 11 nitrogen and oxygen atoms in total. The van der Waals surface area contributed by atoms with Crippen molar-refractivity contribution in [2.24, 2.45) is 14.1 Å². The zero-order chi connectivity index (χ0) is 24.3. The average Bonchev–Trinajstić information content (AvgIpc) is 3.20. The van der Waals surface area contributed by atoms with Crippen LogP contribution in [0.1, 0.15) is 37.0 Å². The highest BCUT2D eigenvalue weighted by Gasteiger charge is 2.19. The number of nitrogens with zero attached hydrogens (tertiary/aromatic N) is 4. The van der Waals surface area contributed by atoms with Crippen LogP contribution < -0.4 is 16.6 Å². The van der Waals surface area contributed by atoms with Crippen LogP contribution in [0.5, 0.6) is 0 Å². The van der Waals surface area contributed by atoms with Crippen molar-refractivity contribution in [3.63, 3.8) is 0 Å². The molecule has 0 aliphatic rings. The molecule has 0 bridgehead atoms. The third-order valence-corrected chi connectivity index (χ3v) is 5.23. The first-order valence-electron chi connectivity index (χ1n) is 10.3. The quantitative estimate of drug-likeness (QED) is 0.395. The molecule has 11 heteroatoms. The summed E-state index contributed by atoms with van der Waals surface area (Å²) in [7, 11) is 2.92. The molecule has 0 unspecified atom stereocenters. The molecular formula is C22H25N5O6. The fraction of sp³-hybridized carbons (Fsp3) is 0.364. The summed E-state index contributed by atoms with van der Waals surface area (Å²) in [6.07, 6.45) is 0.804. The van der Waals surface area contributed by atoms with E-state index in [1.165, 1.54) is 38.8 Å². The first kappa shape index (κ1) is 23.6. The number of Topliss-reactive ketones (excluding diaryl/α,β-unsaturated/α-hetero) is 1. The summed E-state index contributed by atoms with van der Waals surface area (Å²) < 4.78 is 9.07. The minimum Gasteiger partial charge on any atom is -0.453 e. The van der Waals surface area contributed by atoms with Crippen LogP contribution in [0.25, 0.3) is 11.2 Å². The number of aromatic nitrogens is 4. The molecule has 0 saturated carbocycles. The Bertz CT molecular complexity index is 1330. The topological polar surface area (TPSA) is 134 Å². The number of ether oxygens (including phenoxy) is 1. The van der Waals surface area contributed by atoms with Gasteiger partial charge >= 0.3 is 11.7 Å². The second-order valence-corrected chi connectivity index (χ2v) is 7.67. The van der Waals surface area contributed by atoms with Gasteiger partial charge in [-0.15, -0.1) is 0 Å². The molecule has 1 amide bonds. The Kier molecular flexibility index (Phi) is 6.90. The Hall–Kier alpha value is -4.02. The minimum atomic E-state index is -1.01. The third kappa shape index (κ3) is 5.08. The van der Waals surface area contributed by atoms with Crippen molar-refractivity contribution in [2.45, 2.75) is 39.3 Å². The standard InChI is InChI=1S/C22H25N5O6/c1-13(28)15-7-9-16(10-8-15)24-20(30)14(2)33-17(29)6-5-11-27-12-23-19-18(27)21(31)26(4)22(32)25(19)3/h7-10,12,14H,5-6,11H2,1-4H3,(H,24,30)/t14-/m0/s1. The van der Waals surface area contributed by atoms with Crippen LogP contribution in [-0.4, -0.2) is 42.4 Å².